The average Bonchev–Trinajstić information content (AvgIpc) is 2.73. The average molecular weight is 369 g/mol. The van der Waals surface area contributed by atoms with E-state index in [4.69, 9.17) is 4.74 Å². The number of aromatic nitrogens is 2. The minimum absolute atomic E-state index is 0.0686. The van der Waals surface area contributed by atoms with Crippen LogP contribution in [0, 0.1) is 0 Å². The van der Waals surface area contributed by atoms with Crippen molar-refractivity contribution in [2.45, 2.75) is 6.42 Å². The zero-order chi connectivity index (χ0) is 18.9. The van der Waals surface area contributed by atoms with Crippen LogP contribution in [0.15, 0.2) is 42.9 Å². The highest BCUT2D eigenvalue weighted by atomic mass is 16.5. The number of rotatable bonds is 8. The molecule has 0 spiro atoms. The molecule has 1 saturated heterocycles. The maximum absolute atomic E-state index is 12.6. The molecule has 0 atom stereocenters. The molecule has 1 fully saturated rings. The molecule has 1 amide bonds. The number of hydrogen-bond donors (Lipinski definition) is 1. The zero-order valence-electron chi connectivity index (χ0n) is 15.8. The Morgan fingerprint density at radius 1 is 1.22 bits per heavy atom. The second-order valence-electron chi connectivity index (χ2n) is 6.64. The number of nitrogens with zero attached hydrogens (tertiary/aromatic N) is 4. The van der Waals surface area contributed by atoms with E-state index in [1.165, 1.54) is 0 Å². The van der Waals surface area contributed by atoms with Gasteiger partial charge in [-0.3, -0.25) is 19.7 Å². The third-order valence-corrected chi connectivity index (χ3v) is 4.67. The van der Waals surface area contributed by atoms with Gasteiger partial charge in [-0.05, 0) is 36.2 Å². The normalized spacial score (nSPS) is 14.7. The lowest BCUT2D eigenvalue weighted by Crippen LogP contribution is -2.39. The van der Waals surface area contributed by atoms with Crippen molar-refractivity contribution in [2.24, 2.45) is 0 Å². The fraction of sp³-hybridized carbons (Fsp3) is 0.450. The molecule has 1 N–H and O–H groups in total. The number of carbonyl (C=O) groups excluding carboxylic acids is 1. The van der Waals surface area contributed by atoms with Crippen LogP contribution in [0.5, 0.6) is 0 Å². The van der Waals surface area contributed by atoms with Gasteiger partial charge in [0.05, 0.1) is 13.2 Å². The Hall–Kier alpha value is -2.51. The first-order chi connectivity index (χ1) is 13.2. The fourth-order valence-corrected chi connectivity index (χ4v) is 2.98. The summed E-state index contributed by atoms with van der Waals surface area (Å²) >= 11 is 0. The number of likely N-dealkylation sites (N-methyl/N-ethyl adjacent to an activating group) is 1. The first kappa shape index (κ1) is 19.3. The number of carbonyl (C=O) groups is 1. The Morgan fingerprint density at radius 3 is 2.78 bits per heavy atom. The molecule has 3 heterocycles. The molecule has 0 aromatic carbocycles. The molecule has 7 heteroatoms. The van der Waals surface area contributed by atoms with Crippen LogP contribution in [0.4, 0.5) is 5.69 Å². The molecule has 1 aliphatic rings. The van der Waals surface area contributed by atoms with E-state index in [9.17, 15) is 4.79 Å². The lowest BCUT2D eigenvalue weighted by Gasteiger charge is -2.26. The molecule has 0 unspecified atom stereocenters. The highest BCUT2D eigenvalue weighted by molar-refractivity contribution is 5.92. The monoisotopic (exact) mass is 369 g/mol. The Balaban J connectivity index is 1.48. The van der Waals surface area contributed by atoms with Gasteiger partial charge in [-0.25, -0.2) is 0 Å². The summed E-state index contributed by atoms with van der Waals surface area (Å²) in [6.45, 7) is 5.99. The van der Waals surface area contributed by atoms with E-state index in [1.54, 1.807) is 23.5 Å². The topological polar surface area (TPSA) is 70.6 Å². The molecule has 0 aliphatic carbocycles. The second-order valence-corrected chi connectivity index (χ2v) is 6.64. The Labute approximate surface area is 160 Å². The third-order valence-electron chi connectivity index (χ3n) is 4.67. The van der Waals surface area contributed by atoms with Gasteiger partial charge < -0.3 is 15.0 Å². The van der Waals surface area contributed by atoms with Crippen LogP contribution in [0.25, 0.3) is 0 Å². The van der Waals surface area contributed by atoms with Crippen LogP contribution in [0.1, 0.15) is 16.1 Å². The molecular formula is C20H27N5O2. The molecule has 0 radical (unpaired) electrons. The van der Waals surface area contributed by atoms with Gasteiger partial charge in [0.1, 0.15) is 5.69 Å². The smallest absolute Gasteiger partial charge is 0.272 e. The van der Waals surface area contributed by atoms with E-state index in [0.717, 1.165) is 57.1 Å². The number of pyridine rings is 2. The number of hydrogen-bond acceptors (Lipinski definition) is 6. The number of ether oxygens (including phenoxy) is 1. The molecule has 0 saturated carbocycles. The summed E-state index contributed by atoms with van der Waals surface area (Å²) in [5.41, 5.74) is 2.55. The first-order valence-electron chi connectivity index (χ1n) is 9.37. The van der Waals surface area contributed by atoms with Crippen LogP contribution in [-0.2, 0) is 11.2 Å². The number of amides is 1. The minimum atomic E-state index is -0.0686. The van der Waals surface area contributed by atoms with Gasteiger partial charge in [0.25, 0.3) is 5.91 Å². The number of morpholine rings is 1. The maximum Gasteiger partial charge on any atom is 0.272 e. The predicted molar refractivity (Wildman–Crippen MR) is 105 cm³/mol. The summed E-state index contributed by atoms with van der Waals surface area (Å²) < 4.78 is 5.36. The Bertz CT molecular complexity index is 719. The lowest BCUT2D eigenvalue weighted by atomic mass is 10.2. The van der Waals surface area contributed by atoms with Crippen LogP contribution < -0.4 is 5.32 Å². The third kappa shape index (κ3) is 6.01. The summed E-state index contributed by atoms with van der Waals surface area (Å²) in [4.78, 5) is 25.0. The van der Waals surface area contributed by atoms with Crippen molar-refractivity contribution in [3.63, 3.8) is 0 Å². The highest BCUT2D eigenvalue weighted by Gasteiger charge is 2.14. The molecule has 7 nitrogen and oxygen atoms in total. The van der Waals surface area contributed by atoms with E-state index < -0.39 is 0 Å². The maximum atomic E-state index is 12.6. The van der Waals surface area contributed by atoms with Gasteiger partial charge in [0.2, 0.25) is 0 Å². The molecule has 0 bridgehead atoms. The molecule has 2 aromatic heterocycles. The van der Waals surface area contributed by atoms with Crippen molar-refractivity contribution in [2.75, 3.05) is 58.3 Å². The molecule has 144 valence electrons. The van der Waals surface area contributed by atoms with Crippen molar-refractivity contribution >= 4 is 11.6 Å². The molecular weight excluding hydrogens is 342 g/mol. The largest absolute Gasteiger partial charge is 0.384 e. The second kappa shape index (κ2) is 9.99. The van der Waals surface area contributed by atoms with E-state index in [1.807, 2.05) is 31.3 Å². The molecule has 1 aliphatic heterocycles. The van der Waals surface area contributed by atoms with Crippen molar-refractivity contribution in [3.8, 4) is 0 Å². The van der Waals surface area contributed by atoms with E-state index >= 15 is 0 Å². The van der Waals surface area contributed by atoms with Crippen LogP contribution in [0.3, 0.4) is 0 Å². The minimum Gasteiger partial charge on any atom is -0.384 e. The number of nitrogens with one attached hydrogen (secondary N) is 1. The van der Waals surface area contributed by atoms with Crippen molar-refractivity contribution in [1.82, 2.24) is 19.8 Å². The summed E-state index contributed by atoms with van der Waals surface area (Å²) in [5.74, 6) is -0.0686. The molecule has 27 heavy (non-hydrogen) atoms. The quantitative estimate of drug-likeness (QED) is 0.761. The lowest BCUT2D eigenvalue weighted by molar-refractivity contribution is 0.0398. The standard InChI is InChI=1S/C20H27N5O2/c1-24(10-5-17-2-6-21-7-3-17)20(26)19-16-18(4-8-23-19)22-9-11-25-12-14-27-15-13-25/h2-4,6-8,16H,5,9-15H2,1H3,(H,22,23). The van der Waals surface area contributed by atoms with E-state index in [-0.39, 0.29) is 5.91 Å². The SMILES string of the molecule is CN(CCc1ccncc1)C(=O)c1cc(NCCN2CCOCC2)ccn1. The Kier molecular flexibility index (Phi) is 7.12. The van der Waals surface area contributed by atoms with Gasteiger partial charge in [-0.2, -0.15) is 0 Å². The van der Waals surface area contributed by atoms with Crippen molar-refractivity contribution in [3.05, 3.63) is 54.1 Å². The van der Waals surface area contributed by atoms with Crippen LogP contribution >= 0.6 is 0 Å². The van der Waals surface area contributed by atoms with Gasteiger partial charge >= 0.3 is 0 Å². The van der Waals surface area contributed by atoms with E-state index in [0.29, 0.717) is 12.2 Å². The van der Waals surface area contributed by atoms with Crippen molar-refractivity contribution < 1.29 is 9.53 Å². The molecule has 2 aromatic rings. The highest BCUT2D eigenvalue weighted by Crippen LogP contribution is 2.10. The van der Waals surface area contributed by atoms with Gasteiger partial charge in [-0.1, -0.05) is 0 Å². The van der Waals surface area contributed by atoms with Gasteiger partial charge in [-0.15, -0.1) is 0 Å². The fourth-order valence-electron chi connectivity index (χ4n) is 2.98. The van der Waals surface area contributed by atoms with Crippen LogP contribution in [-0.4, -0.2) is 78.7 Å². The van der Waals surface area contributed by atoms with E-state index in [2.05, 4.69) is 20.2 Å². The van der Waals surface area contributed by atoms with Gasteiger partial charge in [0.15, 0.2) is 0 Å². The predicted octanol–water partition coefficient (Wildman–Crippen LogP) is 1.54. The summed E-state index contributed by atoms with van der Waals surface area (Å²) in [6, 6.07) is 7.66. The molecule has 3 rings (SSSR count). The first-order valence-corrected chi connectivity index (χ1v) is 9.37. The van der Waals surface area contributed by atoms with Gasteiger partial charge in [0, 0.05) is 64.0 Å². The Morgan fingerprint density at radius 2 is 2.00 bits per heavy atom. The summed E-state index contributed by atoms with van der Waals surface area (Å²) in [6.07, 6.45) is 6.01. The summed E-state index contributed by atoms with van der Waals surface area (Å²) in [5, 5.41) is 3.38. The van der Waals surface area contributed by atoms with Crippen molar-refractivity contribution in [1.29, 1.82) is 0 Å². The zero-order valence-corrected chi connectivity index (χ0v) is 15.8. The van der Waals surface area contributed by atoms with Crippen LogP contribution in [0.2, 0.25) is 0 Å². The summed E-state index contributed by atoms with van der Waals surface area (Å²) in [7, 11) is 1.81. The number of anilines is 1.